The Balaban J connectivity index is 2.29. The summed E-state index contributed by atoms with van der Waals surface area (Å²) < 4.78 is 26.1. The molecule has 134 valence electrons. The van der Waals surface area contributed by atoms with Gasteiger partial charge < -0.3 is 5.32 Å². The Morgan fingerprint density at radius 1 is 1.16 bits per heavy atom. The van der Waals surface area contributed by atoms with Crippen molar-refractivity contribution >= 4 is 43.2 Å². The number of para-hydroxylation sites is 2. The lowest BCUT2D eigenvalue weighted by Crippen LogP contribution is -2.37. The number of aryl methyl sites for hydroxylation is 2. The highest BCUT2D eigenvalue weighted by Crippen LogP contribution is 2.28. The molecule has 5 nitrogen and oxygen atoms in total. The van der Waals surface area contributed by atoms with E-state index < -0.39 is 10.0 Å². The zero-order valence-corrected chi connectivity index (χ0v) is 16.8. The molecule has 2 rings (SSSR count). The van der Waals surface area contributed by atoms with Crippen LogP contribution in [0.2, 0.25) is 0 Å². The van der Waals surface area contributed by atoms with E-state index in [0.29, 0.717) is 10.2 Å². The predicted molar refractivity (Wildman–Crippen MR) is 106 cm³/mol. The summed E-state index contributed by atoms with van der Waals surface area (Å²) in [5.41, 5.74) is 3.14. The molecular weight excluding hydrogens is 404 g/mol. The van der Waals surface area contributed by atoms with Crippen molar-refractivity contribution in [2.45, 2.75) is 20.3 Å². The Kier molecular flexibility index (Phi) is 6.24. The topological polar surface area (TPSA) is 66.5 Å². The molecule has 0 saturated heterocycles. The number of carbonyl (C=O) groups is 1. The average Bonchev–Trinajstić information content (AvgIpc) is 2.54. The third-order valence-electron chi connectivity index (χ3n) is 3.81. The molecule has 0 atom stereocenters. The summed E-state index contributed by atoms with van der Waals surface area (Å²) in [5, 5.41) is 2.86. The Morgan fingerprint density at radius 2 is 1.84 bits per heavy atom. The molecule has 1 N–H and O–H groups in total. The lowest BCUT2D eigenvalue weighted by atomic mass is 10.1. The molecule has 0 aliphatic rings. The third kappa shape index (κ3) is 4.83. The maximum atomic E-state index is 12.5. The quantitative estimate of drug-likeness (QED) is 0.767. The van der Waals surface area contributed by atoms with Gasteiger partial charge in [-0.15, -0.1) is 0 Å². The molecule has 0 heterocycles. The van der Waals surface area contributed by atoms with Crippen molar-refractivity contribution in [2.24, 2.45) is 0 Å². The number of amides is 1. The fourth-order valence-corrected chi connectivity index (χ4v) is 4.03. The van der Waals surface area contributed by atoms with Crippen molar-refractivity contribution in [3.8, 4) is 0 Å². The van der Waals surface area contributed by atoms with Crippen molar-refractivity contribution < 1.29 is 13.2 Å². The van der Waals surface area contributed by atoms with Gasteiger partial charge in [0.05, 0.1) is 11.9 Å². The molecule has 7 heteroatoms. The van der Waals surface area contributed by atoms with Crippen molar-refractivity contribution in [2.75, 3.05) is 22.4 Å². The predicted octanol–water partition coefficient (Wildman–Crippen LogP) is 3.72. The summed E-state index contributed by atoms with van der Waals surface area (Å²) >= 11 is 3.34. The molecule has 2 aromatic rings. The first kappa shape index (κ1) is 19.5. The van der Waals surface area contributed by atoms with Gasteiger partial charge in [0.1, 0.15) is 6.54 Å². The molecule has 25 heavy (non-hydrogen) atoms. The van der Waals surface area contributed by atoms with Gasteiger partial charge >= 0.3 is 0 Å². The fraction of sp³-hybridized carbons (Fsp3) is 0.278. The summed E-state index contributed by atoms with van der Waals surface area (Å²) in [6, 6.07) is 12.7. The minimum absolute atomic E-state index is 0.293. The summed E-state index contributed by atoms with van der Waals surface area (Å²) in [5.74, 6) is -0.384. The molecule has 0 saturated carbocycles. The maximum Gasteiger partial charge on any atom is 0.245 e. The number of anilines is 2. The van der Waals surface area contributed by atoms with E-state index in [1.165, 1.54) is 0 Å². The average molecular weight is 425 g/mol. The van der Waals surface area contributed by atoms with Gasteiger partial charge in [0.2, 0.25) is 15.9 Å². The Morgan fingerprint density at radius 3 is 2.44 bits per heavy atom. The van der Waals surface area contributed by atoms with E-state index >= 15 is 0 Å². The molecule has 0 bridgehead atoms. The number of benzene rings is 2. The van der Waals surface area contributed by atoms with Crippen LogP contribution in [0.5, 0.6) is 0 Å². The lowest BCUT2D eigenvalue weighted by molar-refractivity contribution is -0.114. The van der Waals surface area contributed by atoms with E-state index in [2.05, 4.69) is 21.2 Å². The van der Waals surface area contributed by atoms with Gasteiger partial charge in [0, 0.05) is 10.2 Å². The van der Waals surface area contributed by atoms with Gasteiger partial charge in [-0.1, -0.05) is 37.3 Å². The molecule has 0 aliphatic carbocycles. The third-order valence-corrected chi connectivity index (χ3v) is 5.61. The van der Waals surface area contributed by atoms with E-state index in [1.807, 2.05) is 32.0 Å². The van der Waals surface area contributed by atoms with Crippen LogP contribution in [0.15, 0.2) is 46.9 Å². The van der Waals surface area contributed by atoms with Crippen molar-refractivity contribution in [3.05, 3.63) is 58.1 Å². The van der Waals surface area contributed by atoms with E-state index in [0.717, 1.165) is 33.8 Å². The SMILES string of the molecule is CCc1cccc(C)c1NC(=O)CN(c1ccccc1Br)S(C)(=O)=O. The standard InChI is InChI=1S/C18H21BrN2O3S/c1-4-14-9-7-8-13(2)18(14)20-17(22)12-21(25(3,23)24)16-11-6-5-10-15(16)19/h5-11H,4,12H2,1-3H3,(H,20,22). The second-order valence-electron chi connectivity index (χ2n) is 5.73. The van der Waals surface area contributed by atoms with Crippen molar-refractivity contribution in [1.82, 2.24) is 0 Å². The molecule has 0 unspecified atom stereocenters. The first-order valence-corrected chi connectivity index (χ1v) is 10.5. The number of carbonyl (C=O) groups excluding carboxylic acids is 1. The summed E-state index contributed by atoms with van der Waals surface area (Å²) in [6.07, 6.45) is 1.86. The van der Waals surface area contributed by atoms with E-state index in [1.54, 1.807) is 24.3 Å². The number of nitrogens with zero attached hydrogens (tertiary/aromatic N) is 1. The van der Waals surface area contributed by atoms with E-state index in [4.69, 9.17) is 0 Å². The first-order chi connectivity index (χ1) is 11.7. The molecule has 0 aliphatic heterocycles. The number of hydrogen-bond acceptors (Lipinski definition) is 3. The largest absolute Gasteiger partial charge is 0.324 e. The van der Waals surface area contributed by atoms with Crippen LogP contribution in [-0.2, 0) is 21.2 Å². The highest BCUT2D eigenvalue weighted by Gasteiger charge is 2.23. The normalized spacial score (nSPS) is 11.2. The fourth-order valence-electron chi connectivity index (χ4n) is 2.55. The van der Waals surface area contributed by atoms with Crippen LogP contribution < -0.4 is 9.62 Å². The number of hydrogen-bond donors (Lipinski definition) is 1. The van der Waals surface area contributed by atoms with Crippen molar-refractivity contribution in [1.29, 1.82) is 0 Å². The first-order valence-electron chi connectivity index (χ1n) is 7.84. The zero-order valence-electron chi connectivity index (χ0n) is 14.4. The lowest BCUT2D eigenvalue weighted by Gasteiger charge is -2.23. The molecule has 0 radical (unpaired) electrons. The van der Waals surface area contributed by atoms with Gasteiger partial charge in [0.15, 0.2) is 0 Å². The minimum atomic E-state index is -3.61. The Labute approximate surface area is 157 Å². The van der Waals surface area contributed by atoms with Crippen LogP contribution in [0.4, 0.5) is 11.4 Å². The molecule has 0 fully saturated rings. The van der Waals surface area contributed by atoms with Crippen LogP contribution in [0.1, 0.15) is 18.1 Å². The molecule has 1 amide bonds. The van der Waals surface area contributed by atoms with E-state index in [-0.39, 0.29) is 12.5 Å². The number of sulfonamides is 1. The van der Waals surface area contributed by atoms with Crippen LogP contribution >= 0.6 is 15.9 Å². The van der Waals surface area contributed by atoms with Crippen LogP contribution in [0.25, 0.3) is 0 Å². The molecule has 0 spiro atoms. The summed E-state index contributed by atoms with van der Waals surface area (Å²) in [6.45, 7) is 3.63. The van der Waals surface area contributed by atoms with Gasteiger partial charge in [0.25, 0.3) is 0 Å². The van der Waals surface area contributed by atoms with Crippen LogP contribution in [0.3, 0.4) is 0 Å². The number of halogens is 1. The molecule has 2 aromatic carbocycles. The van der Waals surface area contributed by atoms with E-state index in [9.17, 15) is 13.2 Å². The summed E-state index contributed by atoms with van der Waals surface area (Å²) in [4.78, 5) is 12.5. The number of nitrogens with one attached hydrogen (secondary N) is 1. The zero-order chi connectivity index (χ0) is 18.6. The Hall–Kier alpha value is -1.86. The minimum Gasteiger partial charge on any atom is -0.324 e. The molecule has 0 aromatic heterocycles. The summed E-state index contributed by atoms with van der Waals surface area (Å²) in [7, 11) is -3.61. The van der Waals surface area contributed by atoms with Gasteiger partial charge in [-0.3, -0.25) is 9.10 Å². The second-order valence-corrected chi connectivity index (χ2v) is 8.49. The monoisotopic (exact) mass is 424 g/mol. The highest BCUT2D eigenvalue weighted by molar-refractivity contribution is 9.10. The van der Waals surface area contributed by atoms with Gasteiger partial charge in [-0.25, -0.2) is 8.42 Å². The van der Waals surface area contributed by atoms with Crippen molar-refractivity contribution in [3.63, 3.8) is 0 Å². The van der Waals surface area contributed by atoms with Crippen LogP contribution in [0, 0.1) is 6.92 Å². The highest BCUT2D eigenvalue weighted by atomic mass is 79.9. The van der Waals surface area contributed by atoms with Gasteiger partial charge in [-0.05, 0) is 52.5 Å². The smallest absolute Gasteiger partial charge is 0.245 e. The second kappa shape index (κ2) is 8.01. The number of rotatable bonds is 6. The maximum absolute atomic E-state index is 12.5. The molecular formula is C18H21BrN2O3S. The van der Waals surface area contributed by atoms with Gasteiger partial charge in [-0.2, -0.15) is 0 Å². The Bertz CT molecular complexity index is 882. The van der Waals surface area contributed by atoms with Crippen LogP contribution in [-0.4, -0.2) is 27.1 Å².